The molecule has 0 saturated heterocycles. The van der Waals surface area contributed by atoms with E-state index in [1.54, 1.807) is 0 Å². The molecule has 0 aromatic rings. The van der Waals surface area contributed by atoms with Crippen LogP contribution in [0.1, 0.15) is 71.1 Å². The van der Waals surface area contributed by atoms with E-state index in [-0.39, 0.29) is 11.5 Å². The fourth-order valence-electron chi connectivity index (χ4n) is 6.80. The maximum Gasteiger partial charge on any atom is 0.0596 e. The van der Waals surface area contributed by atoms with E-state index < -0.39 is 0 Å². The Morgan fingerprint density at radius 2 is 1.63 bits per heavy atom. The maximum absolute atomic E-state index is 10.4. The van der Waals surface area contributed by atoms with Crippen LogP contribution in [0.2, 0.25) is 0 Å². The van der Waals surface area contributed by atoms with Gasteiger partial charge in [0.15, 0.2) is 0 Å². The fraction of sp³-hybridized carbons (Fsp3) is 1.00. The van der Waals surface area contributed by atoms with Crippen LogP contribution in [0.3, 0.4) is 0 Å². The molecule has 0 heterocycles. The monoisotopic (exact) mass is 262 g/mol. The lowest BCUT2D eigenvalue weighted by atomic mass is 9.50. The van der Waals surface area contributed by atoms with E-state index in [2.05, 4.69) is 6.92 Å². The van der Waals surface area contributed by atoms with Gasteiger partial charge in [-0.3, -0.25) is 0 Å². The van der Waals surface area contributed by atoms with Crippen molar-refractivity contribution in [2.75, 3.05) is 0 Å². The van der Waals surface area contributed by atoms with Gasteiger partial charge in [0.05, 0.1) is 6.10 Å². The number of rotatable bonds is 0. The van der Waals surface area contributed by atoms with Crippen LogP contribution in [0.15, 0.2) is 0 Å². The third kappa shape index (κ3) is 1.76. The number of hydrogen-bond acceptors (Lipinski definition) is 1. The highest BCUT2D eigenvalue weighted by Crippen LogP contribution is 2.62. The van der Waals surface area contributed by atoms with Gasteiger partial charge in [-0.2, -0.15) is 0 Å². The zero-order chi connectivity index (χ0) is 13.0. The molecule has 0 radical (unpaired) electrons. The van der Waals surface area contributed by atoms with E-state index in [1.807, 2.05) is 0 Å². The molecule has 19 heavy (non-hydrogen) atoms. The predicted octanol–water partition coefficient (Wildman–Crippen LogP) is 4.39. The van der Waals surface area contributed by atoms with E-state index in [4.69, 9.17) is 0 Å². The summed E-state index contributed by atoms with van der Waals surface area (Å²) >= 11 is 0. The summed E-state index contributed by atoms with van der Waals surface area (Å²) in [5.41, 5.74) is 0.280. The van der Waals surface area contributed by atoms with Gasteiger partial charge in [0.25, 0.3) is 0 Å². The predicted molar refractivity (Wildman–Crippen MR) is 77.7 cm³/mol. The Morgan fingerprint density at radius 1 is 0.789 bits per heavy atom. The van der Waals surface area contributed by atoms with Crippen LogP contribution >= 0.6 is 0 Å². The van der Waals surface area contributed by atoms with Gasteiger partial charge in [-0.1, -0.05) is 26.2 Å². The summed E-state index contributed by atoms with van der Waals surface area (Å²) < 4.78 is 0. The van der Waals surface area contributed by atoms with Crippen LogP contribution in [0.5, 0.6) is 0 Å². The molecule has 0 spiro atoms. The van der Waals surface area contributed by atoms with Crippen LogP contribution < -0.4 is 0 Å². The fourth-order valence-corrected chi connectivity index (χ4v) is 6.80. The second-order valence-electron chi connectivity index (χ2n) is 8.36. The Hall–Kier alpha value is -0.0400. The minimum atomic E-state index is 0.00234. The first-order valence-corrected chi connectivity index (χ1v) is 8.88. The highest BCUT2D eigenvalue weighted by Gasteiger charge is 2.56. The summed E-state index contributed by atoms with van der Waals surface area (Å²) in [6, 6.07) is 0. The Labute approximate surface area is 118 Å². The van der Waals surface area contributed by atoms with Crippen LogP contribution in [0, 0.1) is 35.0 Å². The SMILES string of the molecule is C[C@]12CCC3C4CCCCC4CCC3C1CCC2O. The van der Waals surface area contributed by atoms with Gasteiger partial charge in [-0.15, -0.1) is 0 Å². The van der Waals surface area contributed by atoms with Gasteiger partial charge in [-0.05, 0) is 80.0 Å². The third-order valence-corrected chi connectivity index (χ3v) is 7.83. The minimum Gasteiger partial charge on any atom is -0.393 e. The van der Waals surface area contributed by atoms with Gasteiger partial charge in [-0.25, -0.2) is 0 Å². The molecule has 4 rings (SSSR count). The zero-order valence-electron chi connectivity index (χ0n) is 12.5. The molecule has 0 bridgehead atoms. The van der Waals surface area contributed by atoms with Crippen LogP contribution in [-0.2, 0) is 0 Å². The van der Waals surface area contributed by atoms with Gasteiger partial charge in [0, 0.05) is 0 Å². The van der Waals surface area contributed by atoms with Crippen molar-refractivity contribution in [3.8, 4) is 0 Å². The van der Waals surface area contributed by atoms with Crippen molar-refractivity contribution in [2.24, 2.45) is 35.0 Å². The Kier molecular flexibility index (Phi) is 2.99. The van der Waals surface area contributed by atoms with Gasteiger partial charge in [0.1, 0.15) is 0 Å². The van der Waals surface area contributed by atoms with Crippen molar-refractivity contribution in [1.29, 1.82) is 0 Å². The molecular formula is C18H30O. The Morgan fingerprint density at radius 3 is 2.53 bits per heavy atom. The van der Waals surface area contributed by atoms with Gasteiger partial charge >= 0.3 is 0 Å². The second-order valence-corrected chi connectivity index (χ2v) is 8.36. The van der Waals surface area contributed by atoms with E-state index in [9.17, 15) is 5.11 Å². The van der Waals surface area contributed by atoms with E-state index >= 15 is 0 Å². The number of aliphatic hydroxyl groups excluding tert-OH is 1. The number of hydrogen-bond donors (Lipinski definition) is 1. The molecule has 6 unspecified atom stereocenters. The lowest BCUT2D eigenvalue weighted by Crippen LogP contribution is -2.48. The minimum absolute atomic E-state index is 0.00234. The smallest absolute Gasteiger partial charge is 0.0596 e. The van der Waals surface area contributed by atoms with Crippen molar-refractivity contribution in [3.63, 3.8) is 0 Å². The first kappa shape index (κ1) is 12.7. The molecule has 1 N–H and O–H groups in total. The summed E-state index contributed by atoms with van der Waals surface area (Å²) in [7, 11) is 0. The molecular weight excluding hydrogens is 232 g/mol. The standard InChI is InChI=1S/C18H30O/c1-18-11-10-14-13-5-3-2-4-12(13)6-7-15(14)16(18)8-9-17(18)19/h12-17,19H,2-11H2,1H3/t12?,13?,14?,15?,16?,17?,18-/m0/s1. The molecule has 0 amide bonds. The van der Waals surface area contributed by atoms with E-state index in [0.717, 1.165) is 36.0 Å². The molecule has 108 valence electrons. The highest BCUT2D eigenvalue weighted by atomic mass is 16.3. The maximum atomic E-state index is 10.4. The quantitative estimate of drug-likeness (QED) is 0.686. The summed E-state index contributed by atoms with van der Waals surface area (Å²) in [6.45, 7) is 2.40. The molecule has 4 aliphatic carbocycles. The number of fused-ring (bicyclic) bond motifs is 5. The molecule has 4 aliphatic rings. The molecule has 0 aliphatic heterocycles. The van der Waals surface area contributed by atoms with Crippen molar-refractivity contribution in [2.45, 2.75) is 77.2 Å². The average molecular weight is 262 g/mol. The summed E-state index contributed by atoms with van der Waals surface area (Å²) in [6.07, 6.45) is 14.2. The molecule has 4 fully saturated rings. The van der Waals surface area contributed by atoms with Crippen molar-refractivity contribution < 1.29 is 5.11 Å². The van der Waals surface area contributed by atoms with E-state index in [0.29, 0.717) is 0 Å². The van der Waals surface area contributed by atoms with Crippen LogP contribution in [0.4, 0.5) is 0 Å². The first-order chi connectivity index (χ1) is 9.20. The molecule has 4 saturated carbocycles. The normalized spacial score (nSPS) is 57.2. The van der Waals surface area contributed by atoms with Crippen molar-refractivity contribution in [3.05, 3.63) is 0 Å². The third-order valence-electron chi connectivity index (χ3n) is 7.83. The summed E-state index contributed by atoms with van der Waals surface area (Å²) in [5.74, 6) is 4.99. The second kappa shape index (κ2) is 4.48. The Balaban J connectivity index is 1.59. The molecule has 1 heteroatoms. The summed E-state index contributed by atoms with van der Waals surface area (Å²) in [5, 5.41) is 10.4. The average Bonchev–Trinajstić information content (AvgIpc) is 2.75. The highest BCUT2D eigenvalue weighted by molar-refractivity contribution is 5.05. The van der Waals surface area contributed by atoms with Crippen molar-refractivity contribution >= 4 is 0 Å². The van der Waals surface area contributed by atoms with Gasteiger partial charge in [0.2, 0.25) is 0 Å². The van der Waals surface area contributed by atoms with Crippen LogP contribution in [0.25, 0.3) is 0 Å². The summed E-state index contributed by atoms with van der Waals surface area (Å²) in [4.78, 5) is 0. The Bertz CT molecular complexity index is 352. The lowest BCUT2D eigenvalue weighted by Gasteiger charge is -2.55. The molecule has 0 aromatic heterocycles. The van der Waals surface area contributed by atoms with Crippen molar-refractivity contribution in [1.82, 2.24) is 0 Å². The molecule has 0 aromatic carbocycles. The largest absolute Gasteiger partial charge is 0.393 e. The lowest BCUT2D eigenvalue weighted by molar-refractivity contribution is -0.0809. The zero-order valence-corrected chi connectivity index (χ0v) is 12.5. The number of aliphatic hydroxyl groups is 1. The van der Waals surface area contributed by atoms with Gasteiger partial charge < -0.3 is 5.11 Å². The molecule has 1 nitrogen and oxygen atoms in total. The topological polar surface area (TPSA) is 20.2 Å². The van der Waals surface area contributed by atoms with Crippen LogP contribution in [-0.4, -0.2) is 11.2 Å². The molecule has 7 atom stereocenters. The van der Waals surface area contributed by atoms with E-state index in [1.165, 1.54) is 57.8 Å². The first-order valence-electron chi connectivity index (χ1n) is 8.88.